The molecule has 30 atom stereocenters. The van der Waals surface area contributed by atoms with Gasteiger partial charge in [-0.25, -0.2) is 0 Å². The minimum atomic E-state index is -1.69. The topological polar surface area (TPSA) is 781 Å². The van der Waals surface area contributed by atoms with E-state index in [9.17, 15) is 123 Å². The van der Waals surface area contributed by atoms with E-state index >= 15 is 0 Å². The van der Waals surface area contributed by atoms with Crippen LogP contribution in [-0.2, 0) is 96.1 Å². The molecule has 9 aromatic rings. The molecule has 18 rings (SSSR count). The van der Waals surface area contributed by atoms with Crippen molar-refractivity contribution in [1.82, 2.24) is 90.0 Å². The van der Waals surface area contributed by atoms with Crippen molar-refractivity contribution in [1.29, 1.82) is 0 Å². The van der Waals surface area contributed by atoms with E-state index in [-0.39, 0.29) is 117 Å². The van der Waals surface area contributed by atoms with Crippen molar-refractivity contribution >= 4 is 0 Å². The van der Waals surface area contributed by atoms with E-state index in [1.165, 1.54) is 0 Å². The molecule has 54 nitrogen and oxygen atoms in total. The van der Waals surface area contributed by atoms with E-state index in [1.54, 1.807) is 65.3 Å². The monoisotopic (exact) mass is 1980 g/mol. The second-order valence-corrected chi connectivity index (χ2v) is 35.7. The van der Waals surface area contributed by atoms with Crippen molar-refractivity contribution in [3.8, 4) is 67.5 Å². The number of hydrogen-bond acceptors (Lipinski definition) is 48. The van der Waals surface area contributed by atoms with Gasteiger partial charge in [-0.3, -0.25) is 28.1 Å². The van der Waals surface area contributed by atoms with Gasteiger partial charge in [-0.15, -0.1) is 30.6 Å². The van der Waals surface area contributed by atoms with E-state index in [1.807, 2.05) is 36.4 Å². The number of aliphatic hydroxyl groups excluding tert-OH is 24. The first-order chi connectivity index (χ1) is 67.6. The molecule has 140 heavy (non-hydrogen) atoms. The van der Waals surface area contributed by atoms with Crippen molar-refractivity contribution in [2.45, 2.75) is 274 Å². The molecule has 12 heterocycles. The van der Waals surface area contributed by atoms with E-state index < -0.39 is 236 Å². The third-order valence-electron chi connectivity index (χ3n) is 26.4. The Bertz CT molecular complexity index is 4700. The Morgan fingerprint density at radius 3 is 0.486 bits per heavy atom. The Hall–Kier alpha value is -8.94. The summed E-state index contributed by atoms with van der Waals surface area (Å²) in [4.78, 5) is 0. The van der Waals surface area contributed by atoms with Crippen LogP contribution in [0.15, 0.2) is 73.6 Å². The van der Waals surface area contributed by atoms with Crippen LogP contribution in [0.4, 0.5) is 0 Å². The van der Waals surface area contributed by atoms with Crippen LogP contribution < -0.4 is 0 Å². The van der Waals surface area contributed by atoms with Gasteiger partial charge in [0.05, 0.1) is 116 Å². The minimum Gasteiger partial charge on any atom is -0.394 e. The van der Waals surface area contributed by atoms with Crippen LogP contribution >= 0.6 is 0 Å². The molecule has 766 valence electrons. The summed E-state index contributed by atoms with van der Waals surface area (Å²) in [5.74, 6) is -1.60. The zero-order valence-corrected chi connectivity index (χ0v) is 75.1. The van der Waals surface area contributed by atoms with E-state index in [0.29, 0.717) is 67.5 Å². The van der Waals surface area contributed by atoms with Crippen molar-refractivity contribution in [2.24, 2.45) is 0 Å². The van der Waals surface area contributed by atoms with Gasteiger partial charge in [-0.1, -0.05) is 31.3 Å². The zero-order chi connectivity index (χ0) is 98.8. The lowest BCUT2D eigenvalue weighted by atomic mass is 9.59. The molecule has 6 fully saturated rings. The molecule has 2 bridgehead atoms. The smallest absolute Gasteiger partial charge is 0.186 e. The molecule has 6 saturated heterocycles. The van der Waals surface area contributed by atoms with Gasteiger partial charge in [0, 0.05) is 84.5 Å². The number of ether oxygens (including phenoxy) is 12. The Morgan fingerprint density at radius 1 is 0.207 bits per heavy atom. The normalized spacial score (nSPS) is 33.3. The lowest BCUT2D eigenvalue weighted by Gasteiger charge is -2.43. The van der Waals surface area contributed by atoms with Gasteiger partial charge >= 0.3 is 0 Å². The lowest BCUT2D eigenvalue weighted by molar-refractivity contribution is -0.301. The molecule has 3 aromatic carbocycles. The summed E-state index contributed by atoms with van der Waals surface area (Å²) in [7, 11) is 0. The van der Waals surface area contributed by atoms with Crippen LogP contribution in [0.3, 0.4) is 0 Å². The molecule has 0 amide bonds. The Balaban J connectivity index is 0.775. The van der Waals surface area contributed by atoms with Crippen LogP contribution in [0.2, 0.25) is 0 Å². The zero-order valence-electron chi connectivity index (χ0n) is 75.1. The summed E-state index contributed by atoms with van der Waals surface area (Å²) in [5, 5.41) is 307. The second kappa shape index (κ2) is 45.1. The maximum Gasteiger partial charge on any atom is 0.186 e. The van der Waals surface area contributed by atoms with Crippen molar-refractivity contribution in [3.05, 3.63) is 107 Å². The second-order valence-electron chi connectivity index (χ2n) is 35.7. The molecule has 0 spiro atoms. The van der Waals surface area contributed by atoms with Crippen LogP contribution in [0.1, 0.15) is 83.7 Å². The average Bonchev–Trinajstić information content (AvgIpc) is 0.854. The number of hydrogen-bond donors (Lipinski definition) is 24. The Labute approximate surface area is 793 Å². The highest BCUT2D eigenvalue weighted by Gasteiger charge is 2.52. The fraction of sp³-hybridized carbons (Fsp3) is 0.651. The van der Waals surface area contributed by atoms with E-state index in [0.717, 1.165) is 33.4 Å². The number of aromatic nitrogens is 18. The predicted molar refractivity (Wildman–Crippen MR) is 461 cm³/mol. The van der Waals surface area contributed by atoms with Gasteiger partial charge in [0.2, 0.25) is 0 Å². The van der Waals surface area contributed by atoms with Crippen molar-refractivity contribution in [3.63, 3.8) is 0 Å². The molecular weight excluding hydrogens is 1860 g/mol. The Kier molecular flexibility index (Phi) is 33.1. The number of aliphatic hydroxyl groups is 24. The standard InChI is InChI=1S/C86H116N18O36/c105-31-55-63(111)69(117)75(123)81(135-55)129-13-1-7-99-25-49(87-93-99)37-19-43-44(20-38(37)50-26-100(94-88-50)8-2-14-130-82-76(124)70(118)64(112)56(32-106)136-82)62-47-23-41(53-29-103(97-91-53)11-5-17-133-85-79(127)73(121)67(115)59(35-109)139-85)39(51-27-101(95-89-51)9-3-15-131-83-77(125)71(119)65(113)57(33-107)137-83)21-45(47)61(43)46-22-40(52-28-102(96-90-52)10-4-16-132-84-78(126)72(120)66(114)58(34-108)138-84)42(24-48(46)62)54-30-104(98-92-54)12-6-18-134-86-80(128)74(122)68(116)60(36-110)140-86/h19-30,55-86,105-128H,1-18,31-36H2/t55-,56-,57-,58-,59-,60-,61?,62?,63-,64-,65-,66-,67-,68-,69+,70+,71+,72+,73+,74+,75+,76+,77+,78+,79+,80+,81+,82+,83+,84+,85+,86+/m1/s1. The van der Waals surface area contributed by atoms with Crippen molar-refractivity contribution in [2.75, 3.05) is 79.3 Å². The van der Waals surface area contributed by atoms with Gasteiger partial charge in [-0.05, 0) is 108 Å². The molecule has 6 aliphatic heterocycles. The molecule has 54 heteroatoms. The van der Waals surface area contributed by atoms with Crippen LogP contribution in [0.5, 0.6) is 0 Å². The third kappa shape index (κ3) is 21.3. The quantitative estimate of drug-likeness (QED) is 0.0158. The SMILES string of the molecule is OC[C@H]1O[C@H](OCCCn2cc(-c3cc4c(cc3-c3cn(CCCO[C@H]5O[C@H](CO)[C@@H](O)[C@H](O)[C@@H]5O)nn3)C3c5cc(-c6cn(CCCO[C@H]7O[C@H](CO)[C@@H](O)[C@H](O)[C@@H]7O)nn6)c(-c6cn(CCCO[C@H]7O[C@H](CO)[C@@H](O)[C@H](O)[C@@H]7O)nn6)cc5C4c4cc(-c5cn(CCCO[C@H]6O[C@H](CO)[C@@H](O)[C@H](O)[C@@H]6O)nn5)c(-c5cn(CCCO[C@H]6O[C@H](CO)[C@@H](O)[C@H](O)[C@@H]6O)nn5)cc43)nn2)[C@@H](O)[C@@H](O)[C@@H]1O. The molecule has 24 N–H and O–H groups in total. The van der Waals surface area contributed by atoms with E-state index in [4.69, 9.17) is 87.4 Å². The number of aryl methyl sites for hydroxylation is 6. The summed E-state index contributed by atoms with van der Waals surface area (Å²) in [6.45, 7) is -3.66. The first-order valence-corrected chi connectivity index (χ1v) is 46.1. The van der Waals surface area contributed by atoms with Crippen LogP contribution in [0.25, 0.3) is 67.5 Å². The number of benzene rings is 3. The fourth-order valence-electron chi connectivity index (χ4n) is 18.6. The maximum atomic E-state index is 10.8. The lowest BCUT2D eigenvalue weighted by Crippen LogP contribution is -2.59. The molecule has 6 aromatic heterocycles. The van der Waals surface area contributed by atoms with Gasteiger partial charge in [0.1, 0.15) is 181 Å². The van der Waals surface area contributed by atoms with Crippen LogP contribution in [0, 0.1) is 0 Å². The first kappa shape index (κ1) is 103. The summed E-state index contributed by atoms with van der Waals surface area (Å²) in [6.07, 6.45) is -34.3. The van der Waals surface area contributed by atoms with Crippen LogP contribution in [-0.4, -0.2) is 476 Å². The highest BCUT2D eigenvalue weighted by molar-refractivity contribution is 5.90. The number of rotatable bonds is 42. The van der Waals surface area contributed by atoms with Crippen molar-refractivity contribution < 1.29 is 179 Å². The van der Waals surface area contributed by atoms with Gasteiger partial charge in [0.15, 0.2) is 37.7 Å². The minimum absolute atomic E-state index is 0.0799. The van der Waals surface area contributed by atoms with Gasteiger partial charge in [-0.2, -0.15) is 0 Å². The summed E-state index contributed by atoms with van der Waals surface area (Å²) in [5.41, 5.74) is 9.22. The largest absolute Gasteiger partial charge is 0.394 e. The summed E-state index contributed by atoms with van der Waals surface area (Å²) >= 11 is 0. The average molecular weight is 1980 g/mol. The molecule has 9 aliphatic rings. The molecule has 0 saturated carbocycles. The third-order valence-corrected chi connectivity index (χ3v) is 26.4. The number of nitrogens with zero attached hydrogens (tertiary/aromatic N) is 18. The fourth-order valence-corrected chi connectivity index (χ4v) is 18.6. The molecule has 3 aliphatic carbocycles. The Morgan fingerprint density at radius 2 is 0.350 bits per heavy atom. The molecule has 0 unspecified atom stereocenters. The predicted octanol–water partition coefficient (Wildman–Crippen LogP) is -10.5. The summed E-state index contributed by atoms with van der Waals surface area (Å²) < 4.78 is 78.2. The molecular formula is C86H116N18O36. The van der Waals surface area contributed by atoms with Gasteiger partial charge in [0.25, 0.3) is 0 Å². The highest BCUT2D eigenvalue weighted by Crippen LogP contribution is 2.60. The molecule has 0 radical (unpaired) electrons. The van der Waals surface area contributed by atoms with Gasteiger partial charge < -0.3 is 179 Å². The maximum absolute atomic E-state index is 10.8. The summed E-state index contributed by atoms with van der Waals surface area (Å²) in [6, 6.07) is 11.9. The first-order valence-electron chi connectivity index (χ1n) is 46.1. The van der Waals surface area contributed by atoms with E-state index in [2.05, 4.69) is 31.3 Å². The highest BCUT2D eigenvalue weighted by atomic mass is 16.7.